The molecule has 0 fully saturated rings. The lowest BCUT2D eigenvalue weighted by Crippen LogP contribution is -2.58. The number of amides is 2. The van der Waals surface area contributed by atoms with Crippen molar-refractivity contribution in [3.8, 4) is 0 Å². The number of ketones is 1. The minimum absolute atomic E-state index is 0.162. The first-order valence-electron chi connectivity index (χ1n) is 9.11. The van der Waals surface area contributed by atoms with Crippen molar-refractivity contribution in [2.24, 2.45) is 11.5 Å². The summed E-state index contributed by atoms with van der Waals surface area (Å²) in [5, 5.41) is 14.9. The molecule has 0 aromatic heterocycles. The van der Waals surface area contributed by atoms with E-state index in [1.54, 1.807) is 6.92 Å². The number of hydrogen-bond donors (Lipinski definition) is 5. The maximum Gasteiger partial charge on any atom is 0.245 e. The number of carbonyl (C=O) groups is 3. The Morgan fingerprint density at radius 1 is 1.11 bits per heavy atom. The topological polar surface area (TPSA) is 148 Å². The molecule has 4 atom stereocenters. The highest BCUT2D eigenvalue weighted by molar-refractivity contribution is 5.93. The number of Topliss-reactive ketones (excluding diaryl/α,β-unsaturated/α-hetero) is 1. The highest BCUT2D eigenvalue weighted by atomic mass is 16.3. The molecule has 1 aromatic rings. The molecule has 1 rings (SSSR count). The van der Waals surface area contributed by atoms with E-state index < -0.39 is 36.0 Å². The van der Waals surface area contributed by atoms with Crippen molar-refractivity contribution < 1.29 is 19.5 Å². The Balaban J connectivity index is 2.74. The largest absolute Gasteiger partial charge is 0.391 e. The van der Waals surface area contributed by atoms with Gasteiger partial charge in [-0.25, -0.2) is 0 Å². The number of nitrogens with two attached hydrogens (primary N) is 2. The van der Waals surface area contributed by atoms with Crippen molar-refractivity contribution in [2.45, 2.75) is 57.3 Å². The third-order valence-electron chi connectivity index (χ3n) is 4.21. The van der Waals surface area contributed by atoms with Crippen LogP contribution in [0.25, 0.3) is 0 Å². The van der Waals surface area contributed by atoms with Crippen LogP contribution in [-0.2, 0) is 20.8 Å². The maximum atomic E-state index is 12.5. The molecule has 0 radical (unpaired) electrons. The van der Waals surface area contributed by atoms with Gasteiger partial charge in [0.2, 0.25) is 11.8 Å². The average molecular weight is 378 g/mol. The molecule has 27 heavy (non-hydrogen) atoms. The van der Waals surface area contributed by atoms with Gasteiger partial charge in [0.1, 0.15) is 6.04 Å². The molecular weight excluding hydrogens is 348 g/mol. The van der Waals surface area contributed by atoms with Gasteiger partial charge in [-0.2, -0.15) is 0 Å². The highest BCUT2D eigenvalue weighted by Crippen LogP contribution is 2.04. The zero-order chi connectivity index (χ0) is 20.4. The van der Waals surface area contributed by atoms with Crippen LogP contribution in [0.1, 0.15) is 32.3 Å². The quantitative estimate of drug-likeness (QED) is 0.342. The molecule has 0 unspecified atom stereocenters. The smallest absolute Gasteiger partial charge is 0.245 e. The second-order valence-corrected chi connectivity index (χ2v) is 6.48. The molecule has 0 aliphatic heterocycles. The lowest BCUT2D eigenvalue weighted by Gasteiger charge is -2.25. The Morgan fingerprint density at radius 3 is 2.26 bits per heavy atom. The van der Waals surface area contributed by atoms with Gasteiger partial charge in [-0.05, 0) is 31.9 Å². The maximum absolute atomic E-state index is 12.5. The molecule has 2 amide bonds. The van der Waals surface area contributed by atoms with Crippen LogP contribution in [0.15, 0.2) is 30.3 Å². The van der Waals surface area contributed by atoms with Gasteiger partial charge in [0, 0.05) is 6.42 Å². The van der Waals surface area contributed by atoms with Gasteiger partial charge in [-0.1, -0.05) is 37.3 Å². The van der Waals surface area contributed by atoms with Crippen molar-refractivity contribution in [2.75, 3.05) is 6.54 Å². The predicted octanol–water partition coefficient (Wildman–Crippen LogP) is -0.765. The molecule has 0 saturated heterocycles. The number of rotatable bonds is 11. The van der Waals surface area contributed by atoms with E-state index >= 15 is 0 Å². The summed E-state index contributed by atoms with van der Waals surface area (Å²) < 4.78 is 0. The Morgan fingerprint density at radius 2 is 1.74 bits per heavy atom. The third kappa shape index (κ3) is 7.46. The molecule has 7 N–H and O–H groups in total. The van der Waals surface area contributed by atoms with Crippen LogP contribution >= 0.6 is 0 Å². The van der Waals surface area contributed by atoms with Crippen molar-refractivity contribution >= 4 is 17.6 Å². The van der Waals surface area contributed by atoms with E-state index in [0.717, 1.165) is 5.56 Å². The van der Waals surface area contributed by atoms with Crippen LogP contribution in [0.4, 0.5) is 0 Å². The minimum Gasteiger partial charge on any atom is -0.391 e. The van der Waals surface area contributed by atoms with Crippen LogP contribution in [0.2, 0.25) is 0 Å². The molecule has 150 valence electrons. The standard InChI is InChI=1S/C19H30N4O4/c1-3-16(25)15(9-10-20)22-19(27)17(12(2)24)23-18(26)14(21)11-13-7-5-4-6-8-13/h4-8,12,14-15,17,24H,3,9-11,20-21H2,1-2H3,(H,22,27)(H,23,26)/t12-,14+,15-,17-/m0/s1. The molecule has 1 aromatic carbocycles. The Labute approximate surface area is 159 Å². The minimum atomic E-state index is -1.22. The number of carbonyl (C=O) groups excluding carboxylic acids is 3. The Hall–Kier alpha value is -2.29. The third-order valence-corrected chi connectivity index (χ3v) is 4.21. The van der Waals surface area contributed by atoms with E-state index in [1.807, 2.05) is 30.3 Å². The molecule has 8 nitrogen and oxygen atoms in total. The molecule has 0 spiro atoms. The normalized spacial score (nSPS) is 15.3. The molecule has 8 heteroatoms. The highest BCUT2D eigenvalue weighted by Gasteiger charge is 2.30. The van der Waals surface area contributed by atoms with E-state index in [2.05, 4.69) is 10.6 Å². The number of hydrogen-bond acceptors (Lipinski definition) is 6. The Kier molecular flexibility index (Phi) is 9.63. The second kappa shape index (κ2) is 11.4. The van der Waals surface area contributed by atoms with Crippen LogP contribution < -0.4 is 22.1 Å². The van der Waals surface area contributed by atoms with Gasteiger partial charge in [-0.3, -0.25) is 14.4 Å². The summed E-state index contributed by atoms with van der Waals surface area (Å²) >= 11 is 0. The fourth-order valence-electron chi connectivity index (χ4n) is 2.61. The van der Waals surface area contributed by atoms with Gasteiger partial charge in [-0.15, -0.1) is 0 Å². The first-order valence-corrected chi connectivity index (χ1v) is 9.11. The number of benzene rings is 1. The molecule has 0 saturated carbocycles. The van der Waals surface area contributed by atoms with Crippen molar-refractivity contribution in [3.05, 3.63) is 35.9 Å². The summed E-state index contributed by atoms with van der Waals surface area (Å²) in [5.74, 6) is -1.37. The van der Waals surface area contributed by atoms with Gasteiger partial charge >= 0.3 is 0 Å². The summed E-state index contributed by atoms with van der Waals surface area (Å²) in [6.45, 7) is 3.30. The van der Waals surface area contributed by atoms with Crippen LogP contribution in [0.5, 0.6) is 0 Å². The zero-order valence-corrected chi connectivity index (χ0v) is 15.9. The molecule has 0 heterocycles. The summed E-state index contributed by atoms with van der Waals surface area (Å²) in [4.78, 5) is 36.8. The molecule has 0 bridgehead atoms. The van der Waals surface area contributed by atoms with Crippen molar-refractivity contribution in [3.63, 3.8) is 0 Å². The summed E-state index contributed by atoms with van der Waals surface area (Å²) in [7, 11) is 0. The SMILES string of the molecule is CCC(=O)[C@H](CCN)NC(=O)[C@@H](NC(=O)[C@H](N)Cc1ccccc1)[C@H](C)O. The van der Waals surface area contributed by atoms with E-state index in [0.29, 0.717) is 6.42 Å². The lowest BCUT2D eigenvalue weighted by molar-refractivity contribution is -0.134. The van der Waals surface area contributed by atoms with Gasteiger partial charge in [0.15, 0.2) is 5.78 Å². The summed E-state index contributed by atoms with van der Waals surface area (Å²) in [6.07, 6.45) is -0.330. The summed E-state index contributed by atoms with van der Waals surface area (Å²) in [5.41, 5.74) is 12.3. The number of aliphatic hydroxyl groups excluding tert-OH is 1. The molecular formula is C19H30N4O4. The second-order valence-electron chi connectivity index (χ2n) is 6.48. The fourth-order valence-corrected chi connectivity index (χ4v) is 2.61. The fraction of sp³-hybridized carbons (Fsp3) is 0.526. The molecule has 0 aliphatic rings. The lowest BCUT2D eigenvalue weighted by atomic mass is 10.0. The average Bonchev–Trinajstić information content (AvgIpc) is 2.65. The van der Waals surface area contributed by atoms with E-state index in [9.17, 15) is 19.5 Å². The van der Waals surface area contributed by atoms with Crippen LogP contribution in [0.3, 0.4) is 0 Å². The monoisotopic (exact) mass is 378 g/mol. The zero-order valence-electron chi connectivity index (χ0n) is 15.9. The predicted molar refractivity (Wildman–Crippen MR) is 103 cm³/mol. The van der Waals surface area contributed by atoms with Crippen molar-refractivity contribution in [1.82, 2.24) is 10.6 Å². The summed E-state index contributed by atoms with van der Waals surface area (Å²) in [6, 6.07) is 6.40. The Bertz CT molecular complexity index is 621. The van der Waals surface area contributed by atoms with Gasteiger partial charge in [0.05, 0.1) is 18.2 Å². The first kappa shape index (κ1) is 22.8. The molecule has 0 aliphatic carbocycles. The first-order chi connectivity index (χ1) is 12.8. The number of nitrogens with one attached hydrogen (secondary N) is 2. The van der Waals surface area contributed by atoms with E-state index in [4.69, 9.17) is 11.5 Å². The van der Waals surface area contributed by atoms with Gasteiger partial charge < -0.3 is 27.2 Å². The van der Waals surface area contributed by atoms with Crippen LogP contribution in [-0.4, -0.2) is 53.5 Å². The van der Waals surface area contributed by atoms with Crippen molar-refractivity contribution in [1.29, 1.82) is 0 Å². The van der Waals surface area contributed by atoms with E-state index in [-0.39, 0.29) is 25.2 Å². The van der Waals surface area contributed by atoms with Gasteiger partial charge in [0.25, 0.3) is 0 Å². The van der Waals surface area contributed by atoms with E-state index in [1.165, 1.54) is 6.92 Å². The number of aliphatic hydroxyl groups is 1. The van der Waals surface area contributed by atoms with Crippen LogP contribution in [0, 0.1) is 0 Å².